The molecule has 0 saturated carbocycles. The molecule has 3 heteroatoms. The molecule has 16 heavy (non-hydrogen) atoms. The normalized spacial score (nSPS) is 14.3. The molecular formula is C13H14N2O. The van der Waals surface area contributed by atoms with Gasteiger partial charge in [0, 0.05) is 19.5 Å². The highest BCUT2D eigenvalue weighted by Gasteiger charge is 2.11. The average molecular weight is 214 g/mol. The average Bonchev–Trinajstić information content (AvgIpc) is 2.66. The maximum atomic E-state index is 10.8. The molecule has 1 aliphatic rings. The van der Waals surface area contributed by atoms with E-state index in [9.17, 15) is 4.79 Å². The van der Waals surface area contributed by atoms with E-state index < -0.39 is 0 Å². The summed E-state index contributed by atoms with van der Waals surface area (Å²) in [5.41, 5.74) is 2.50. The summed E-state index contributed by atoms with van der Waals surface area (Å²) in [6.07, 6.45) is 3.49. The zero-order chi connectivity index (χ0) is 11.4. The van der Waals surface area contributed by atoms with Crippen LogP contribution in [-0.4, -0.2) is 11.7 Å². The van der Waals surface area contributed by atoms with Crippen LogP contribution in [-0.2, 0) is 11.2 Å². The van der Waals surface area contributed by atoms with E-state index in [1.54, 1.807) is 0 Å². The molecule has 82 valence electrons. The number of benzene rings is 1. The van der Waals surface area contributed by atoms with Gasteiger partial charge in [0.2, 0.25) is 5.91 Å². The Labute approximate surface area is 94.9 Å². The molecule has 0 aromatic heterocycles. The van der Waals surface area contributed by atoms with Gasteiger partial charge >= 0.3 is 0 Å². The van der Waals surface area contributed by atoms with Crippen molar-refractivity contribution >= 4 is 11.7 Å². The lowest BCUT2D eigenvalue weighted by Gasteiger charge is -2.03. The van der Waals surface area contributed by atoms with Gasteiger partial charge in [-0.3, -0.25) is 4.79 Å². The van der Waals surface area contributed by atoms with Gasteiger partial charge in [0.15, 0.2) is 0 Å². The number of hydrogen-bond donors (Lipinski definition) is 1. The van der Waals surface area contributed by atoms with Gasteiger partial charge < -0.3 is 5.32 Å². The van der Waals surface area contributed by atoms with Crippen LogP contribution >= 0.6 is 0 Å². The summed E-state index contributed by atoms with van der Waals surface area (Å²) in [7, 11) is 0. The van der Waals surface area contributed by atoms with E-state index in [0.29, 0.717) is 0 Å². The Morgan fingerprint density at radius 1 is 1.38 bits per heavy atom. The number of amidine groups is 1. The summed E-state index contributed by atoms with van der Waals surface area (Å²) >= 11 is 0. The van der Waals surface area contributed by atoms with Crippen molar-refractivity contribution < 1.29 is 4.79 Å². The van der Waals surface area contributed by atoms with Gasteiger partial charge in [-0.05, 0) is 17.6 Å². The third-order valence-electron chi connectivity index (χ3n) is 2.39. The summed E-state index contributed by atoms with van der Waals surface area (Å²) < 4.78 is 0. The molecule has 0 spiro atoms. The van der Waals surface area contributed by atoms with Crippen molar-refractivity contribution in [1.82, 2.24) is 5.32 Å². The second kappa shape index (κ2) is 4.75. The SMILES string of the molecule is CC(=O)NC1=NC=C(Cc2ccccc2)C1. The van der Waals surface area contributed by atoms with E-state index in [-0.39, 0.29) is 5.91 Å². The monoisotopic (exact) mass is 214 g/mol. The number of aliphatic imine (C=N–C) groups is 1. The molecule has 0 atom stereocenters. The summed E-state index contributed by atoms with van der Waals surface area (Å²) in [4.78, 5) is 15.0. The van der Waals surface area contributed by atoms with E-state index in [1.165, 1.54) is 18.1 Å². The Hall–Kier alpha value is -1.90. The van der Waals surface area contributed by atoms with Crippen molar-refractivity contribution in [2.75, 3.05) is 0 Å². The Kier molecular flexibility index (Phi) is 3.15. The van der Waals surface area contributed by atoms with Gasteiger partial charge in [-0.2, -0.15) is 0 Å². The smallest absolute Gasteiger partial charge is 0.222 e. The first-order valence-corrected chi connectivity index (χ1v) is 5.30. The number of amides is 1. The second-order valence-corrected chi connectivity index (χ2v) is 3.88. The highest BCUT2D eigenvalue weighted by atomic mass is 16.1. The molecule has 0 fully saturated rings. The number of carbonyl (C=O) groups is 1. The van der Waals surface area contributed by atoms with Gasteiger partial charge in [0.25, 0.3) is 0 Å². The predicted molar refractivity (Wildman–Crippen MR) is 64.1 cm³/mol. The molecule has 1 N–H and O–H groups in total. The highest BCUT2D eigenvalue weighted by molar-refractivity contribution is 5.99. The van der Waals surface area contributed by atoms with E-state index in [1.807, 2.05) is 24.4 Å². The fourth-order valence-corrected chi connectivity index (χ4v) is 1.72. The lowest BCUT2D eigenvalue weighted by molar-refractivity contribution is -0.117. The Balaban J connectivity index is 1.90. The molecule has 1 aromatic carbocycles. The van der Waals surface area contributed by atoms with Crippen LogP contribution in [0.15, 0.2) is 47.1 Å². The van der Waals surface area contributed by atoms with Gasteiger partial charge in [-0.25, -0.2) is 4.99 Å². The van der Waals surface area contributed by atoms with E-state index in [4.69, 9.17) is 0 Å². The topological polar surface area (TPSA) is 41.5 Å². The van der Waals surface area contributed by atoms with Crippen LogP contribution in [0.2, 0.25) is 0 Å². The quantitative estimate of drug-likeness (QED) is 0.804. The van der Waals surface area contributed by atoms with Crippen molar-refractivity contribution in [3.8, 4) is 0 Å². The highest BCUT2D eigenvalue weighted by Crippen LogP contribution is 2.16. The van der Waals surface area contributed by atoms with Gasteiger partial charge in [-0.1, -0.05) is 30.3 Å². The first-order chi connectivity index (χ1) is 7.74. The van der Waals surface area contributed by atoms with Crippen LogP contribution in [0, 0.1) is 0 Å². The molecule has 0 bridgehead atoms. The second-order valence-electron chi connectivity index (χ2n) is 3.88. The number of carbonyl (C=O) groups excluding carboxylic acids is 1. The summed E-state index contributed by atoms with van der Waals surface area (Å²) in [6.45, 7) is 1.50. The zero-order valence-corrected chi connectivity index (χ0v) is 9.23. The maximum absolute atomic E-state index is 10.8. The maximum Gasteiger partial charge on any atom is 0.222 e. The molecule has 0 radical (unpaired) electrons. The van der Waals surface area contributed by atoms with Crippen molar-refractivity contribution in [3.63, 3.8) is 0 Å². The third kappa shape index (κ3) is 2.79. The van der Waals surface area contributed by atoms with E-state index in [0.717, 1.165) is 18.7 Å². The summed E-state index contributed by atoms with van der Waals surface area (Å²) in [5.74, 6) is 0.687. The Morgan fingerprint density at radius 2 is 2.12 bits per heavy atom. The van der Waals surface area contributed by atoms with Gasteiger partial charge in [0.1, 0.15) is 5.84 Å². The largest absolute Gasteiger partial charge is 0.314 e. The molecule has 1 heterocycles. The molecule has 2 rings (SSSR count). The standard InChI is InChI=1S/C13H14N2O/c1-10(16)15-13-8-12(9-14-13)7-11-5-3-2-4-6-11/h2-6,9H,7-8H2,1H3,(H,14,15,16). The lowest BCUT2D eigenvalue weighted by Crippen LogP contribution is -2.26. The summed E-state index contributed by atoms with van der Waals surface area (Å²) in [6, 6.07) is 10.3. The molecule has 1 amide bonds. The lowest BCUT2D eigenvalue weighted by atomic mass is 10.0. The van der Waals surface area contributed by atoms with Crippen molar-refractivity contribution in [1.29, 1.82) is 0 Å². The van der Waals surface area contributed by atoms with Crippen LogP contribution in [0.1, 0.15) is 18.9 Å². The van der Waals surface area contributed by atoms with Crippen molar-refractivity contribution in [3.05, 3.63) is 47.7 Å². The molecular weight excluding hydrogens is 200 g/mol. The fourth-order valence-electron chi connectivity index (χ4n) is 1.72. The number of hydrogen-bond acceptors (Lipinski definition) is 2. The van der Waals surface area contributed by atoms with Crippen molar-refractivity contribution in [2.45, 2.75) is 19.8 Å². The third-order valence-corrected chi connectivity index (χ3v) is 2.39. The fraction of sp³-hybridized carbons (Fsp3) is 0.231. The molecule has 0 unspecified atom stereocenters. The minimum atomic E-state index is -0.0619. The molecule has 0 saturated heterocycles. The molecule has 3 nitrogen and oxygen atoms in total. The van der Waals surface area contributed by atoms with Crippen LogP contribution in [0.3, 0.4) is 0 Å². The predicted octanol–water partition coefficient (Wildman–Crippen LogP) is 2.05. The van der Waals surface area contributed by atoms with Crippen LogP contribution in [0.25, 0.3) is 0 Å². The zero-order valence-electron chi connectivity index (χ0n) is 9.23. The van der Waals surface area contributed by atoms with E-state index in [2.05, 4.69) is 22.4 Å². The van der Waals surface area contributed by atoms with Gasteiger partial charge in [-0.15, -0.1) is 0 Å². The van der Waals surface area contributed by atoms with Gasteiger partial charge in [0.05, 0.1) is 0 Å². The molecule has 1 aromatic rings. The summed E-state index contributed by atoms with van der Waals surface area (Å²) in [5, 5.41) is 2.72. The Morgan fingerprint density at radius 3 is 2.81 bits per heavy atom. The van der Waals surface area contributed by atoms with Crippen LogP contribution in [0.5, 0.6) is 0 Å². The number of rotatable bonds is 2. The number of nitrogens with zero attached hydrogens (tertiary/aromatic N) is 1. The first-order valence-electron chi connectivity index (χ1n) is 5.30. The van der Waals surface area contributed by atoms with Crippen molar-refractivity contribution in [2.24, 2.45) is 4.99 Å². The van der Waals surface area contributed by atoms with Crippen LogP contribution in [0.4, 0.5) is 0 Å². The molecule has 0 aliphatic carbocycles. The minimum absolute atomic E-state index is 0.0619. The Bertz CT molecular complexity index is 446. The first kappa shape index (κ1) is 10.6. The van der Waals surface area contributed by atoms with E-state index >= 15 is 0 Å². The minimum Gasteiger partial charge on any atom is -0.314 e. The van der Waals surface area contributed by atoms with Crippen LogP contribution < -0.4 is 5.32 Å². The molecule has 1 aliphatic heterocycles. The number of nitrogens with one attached hydrogen (secondary N) is 1.